The van der Waals surface area contributed by atoms with Crippen LogP contribution in [0.2, 0.25) is 0 Å². The number of amides is 1. The van der Waals surface area contributed by atoms with E-state index < -0.39 is 6.10 Å². The van der Waals surface area contributed by atoms with Crippen molar-refractivity contribution in [2.45, 2.75) is 128 Å². The first-order valence-corrected chi connectivity index (χ1v) is 11.8. The van der Waals surface area contributed by atoms with Crippen LogP contribution in [0, 0.1) is 0 Å². The standard InChI is InChI=1S/C23H47NO4/c1-2-3-4-5-6-7-8-11-14-17-22(27)19-23(28)24-21(20-26)16-13-10-9-12-15-18-25/h21-22,25-27H,2-20H2,1H3,(H,24,28)/t21?,22-/m1/s1. The van der Waals surface area contributed by atoms with Gasteiger partial charge in [0, 0.05) is 6.61 Å². The minimum absolute atomic E-state index is 0.0588. The number of carbonyl (C=O) groups excluding carboxylic acids is 1. The van der Waals surface area contributed by atoms with Crippen LogP contribution in [0.1, 0.15) is 116 Å². The third-order valence-corrected chi connectivity index (χ3v) is 5.36. The number of nitrogens with one attached hydrogen (secondary N) is 1. The van der Waals surface area contributed by atoms with E-state index >= 15 is 0 Å². The Bertz CT molecular complexity index is 339. The predicted octanol–water partition coefficient (Wildman–Crippen LogP) is 4.47. The lowest BCUT2D eigenvalue weighted by molar-refractivity contribution is -0.124. The van der Waals surface area contributed by atoms with Gasteiger partial charge >= 0.3 is 0 Å². The van der Waals surface area contributed by atoms with E-state index in [-0.39, 0.29) is 31.6 Å². The molecular weight excluding hydrogens is 354 g/mol. The van der Waals surface area contributed by atoms with Crippen molar-refractivity contribution in [1.82, 2.24) is 5.32 Å². The second-order valence-electron chi connectivity index (χ2n) is 8.20. The molecule has 0 aliphatic carbocycles. The molecule has 0 aromatic heterocycles. The quantitative estimate of drug-likeness (QED) is 0.214. The number of aliphatic hydroxyl groups excluding tert-OH is 3. The van der Waals surface area contributed by atoms with E-state index in [1.165, 1.54) is 44.9 Å². The fraction of sp³-hybridized carbons (Fsp3) is 0.957. The van der Waals surface area contributed by atoms with Crippen molar-refractivity contribution in [1.29, 1.82) is 0 Å². The van der Waals surface area contributed by atoms with E-state index in [4.69, 9.17) is 5.11 Å². The molecular formula is C23H47NO4. The average Bonchev–Trinajstić information content (AvgIpc) is 2.68. The Morgan fingerprint density at radius 3 is 1.79 bits per heavy atom. The van der Waals surface area contributed by atoms with E-state index in [9.17, 15) is 15.0 Å². The molecule has 5 nitrogen and oxygen atoms in total. The van der Waals surface area contributed by atoms with Gasteiger partial charge in [0.25, 0.3) is 0 Å². The second kappa shape index (κ2) is 21.1. The smallest absolute Gasteiger partial charge is 0.222 e. The summed E-state index contributed by atoms with van der Waals surface area (Å²) in [5.41, 5.74) is 0. The summed E-state index contributed by atoms with van der Waals surface area (Å²) in [4.78, 5) is 12.0. The molecule has 0 radical (unpaired) electrons. The van der Waals surface area contributed by atoms with Gasteiger partial charge in [0.1, 0.15) is 0 Å². The normalized spacial score (nSPS) is 13.4. The molecule has 0 spiro atoms. The Balaban J connectivity index is 3.63. The molecule has 28 heavy (non-hydrogen) atoms. The van der Waals surface area contributed by atoms with E-state index in [0.717, 1.165) is 51.4 Å². The second-order valence-corrected chi connectivity index (χ2v) is 8.20. The maximum absolute atomic E-state index is 12.0. The van der Waals surface area contributed by atoms with Gasteiger partial charge in [-0.25, -0.2) is 0 Å². The minimum atomic E-state index is -0.581. The minimum Gasteiger partial charge on any atom is -0.396 e. The highest BCUT2D eigenvalue weighted by atomic mass is 16.3. The first-order valence-electron chi connectivity index (χ1n) is 11.8. The zero-order chi connectivity index (χ0) is 20.9. The summed E-state index contributed by atoms with van der Waals surface area (Å²) in [5.74, 6) is -0.164. The SMILES string of the molecule is CCCCCCCCCCC[C@@H](O)CC(=O)NC(CO)CCCCCCCO. The number of hydrogen-bond acceptors (Lipinski definition) is 4. The molecule has 0 aromatic rings. The van der Waals surface area contributed by atoms with Crippen molar-refractivity contribution < 1.29 is 20.1 Å². The fourth-order valence-electron chi connectivity index (χ4n) is 3.54. The molecule has 0 fully saturated rings. The Kier molecular flexibility index (Phi) is 20.6. The highest BCUT2D eigenvalue weighted by Gasteiger charge is 2.15. The monoisotopic (exact) mass is 401 g/mol. The summed E-state index contributed by atoms with van der Waals surface area (Å²) < 4.78 is 0. The number of carbonyl (C=O) groups is 1. The van der Waals surface area contributed by atoms with Crippen molar-refractivity contribution in [3.05, 3.63) is 0 Å². The van der Waals surface area contributed by atoms with Crippen LogP contribution >= 0.6 is 0 Å². The van der Waals surface area contributed by atoms with Crippen LogP contribution < -0.4 is 5.32 Å². The summed E-state index contributed by atoms with van der Waals surface area (Å²) in [6.07, 6.45) is 17.2. The molecule has 1 unspecified atom stereocenters. The average molecular weight is 402 g/mol. The molecule has 0 aromatic carbocycles. The van der Waals surface area contributed by atoms with Gasteiger partial charge in [-0.05, 0) is 19.3 Å². The lowest BCUT2D eigenvalue weighted by Gasteiger charge is -2.18. The van der Waals surface area contributed by atoms with Gasteiger partial charge in [-0.2, -0.15) is 0 Å². The molecule has 0 rings (SSSR count). The Morgan fingerprint density at radius 1 is 0.750 bits per heavy atom. The Hall–Kier alpha value is -0.650. The van der Waals surface area contributed by atoms with E-state index in [0.29, 0.717) is 6.42 Å². The number of aliphatic hydroxyl groups is 3. The van der Waals surface area contributed by atoms with Crippen LogP contribution in [0.4, 0.5) is 0 Å². The topological polar surface area (TPSA) is 89.8 Å². The van der Waals surface area contributed by atoms with Crippen molar-refractivity contribution in [2.24, 2.45) is 0 Å². The highest BCUT2D eigenvalue weighted by Crippen LogP contribution is 2.13. The molecule has 0 saturated carbocycles. The predicted molar refractivity (Wildman–Crippen MR) is 116 cm³/mol. The molecule has 4 N–H and O–H groups in total. The van der Waals surface area contributed by atoms with Crippen LogP contribution in [0.15, 0.2) is 0 Å². The van der Waals surface area contributed by atoms with Crippen LogP contribution in [-0.2, 0) is 4.79 Å². The van der Waals surface area contributed by atoms with Gasteiger partial charge < -0.3 is 20.6 Å². The van der Waals surface area contributed by atoms with Gasteiger partial charge in [-0.15, -0.1) is 0 Å². The lowest BCUT2D eigenvalue weighted by Crippen LogP contribution is -2.38. The van der Waals surface area contributed by atoms with Crippen LogP contribution in [0.3, 0.4) is 0 Å². The van der Waals surface area contributed by atoms with Crippen molar-refractivity contribution in [2.75, 3.05) is 13.2 Å². The molecule has 0 aliphatic rings. The number of hydrogen-bond donors (Lipinski definition) is 4. The molecule has 0 heterocycles. The van der Waals surface area contributed by atoms with Gasteiger partial charge in [0.05, 0.1) is 25.2 Å². The fourth-order valence-corrected chi connectivity index (χ4v) is 3.54. The van der Waals surface area contributed by atoms with E-state index in [1.54, 1.807) is 0 Å². The van der Waals surface area contributed by atoms with E-state index in [2.05, 4.69) is 12.2 Å². The molecule has 5 heteroatoms. The van der Waals surface area contributed by atoms with Gasteiger partial charge in [-0.3, -0.25) is 4.79 Å². The molecule has 168 valence electrons. The zero-order valence-electron chi connectivity index (χ0n) is 18.3. The highest BCUT2D eigenvalue weighted by molar-refractivity contribution is 5.76. The summed E-state index contributed by atoms with van der Waals surface area (Å²) >= 11 is 0. The van der Waals surface area contributed by atoms with Crippen LogP contribution in [0.25, 0.3) is 0 Å². The molecule has 0 bridgehead atoms. The third-order valence-electron chi connectivity index (χ3n) is 5.36. The van der Waals surface area contributed by atoms with Crippen molar-refractivity contribution in [3.63, 3.8) is 0 Å². The summed E-state index contributed by atoms with van der Waals surface area (Å²) in [5, 5.41) is 31.1. The van der Waals surface area contributed by atoms with E-state index in [1.807, 2.05) is 0 Å². The van der Waals surface area contributed by atoms with Crippen LogP contribution in [0.5, 0.6) is 0 Å². The molecule has 0 aliphatic heterocycles. The summed E-state index contributed by atoms with van der Waals surface area (Å²) in [6, 6.07) is -0.217. The maximum atomic E-state index is 12.0. The largest absolute Gasteiger partial charge is 0.396 e. The van der Waals surface area contributed by atoms with Crippen LogP contribution in [-0.4, -0.2) is 46.6 Å². The zero-order valence-corrected chi connectivity index (χ0v) is 18.3. The molecule has 0 saturated heterocycles. The summed E-state index contributed by atoms with van der Waals surface area (Å²) in [6.45, 7) is 2.42. The van der Waals surface area contributed by atoms with Gasteiger partial charge in [0.2, 0.25) is 5.91 Å². The number of unbranched alkanes of at least 4 members (excludes halogenated alkanes) is 12. The van der Waals surface area contributed by atoms with Gasteiger partial charge in [0.15, 0.2) is 0 Å². The molecule has 1 amide bonds. The molecule has 2 atom stereocenters. The van der Waals surface area contributed by atoms with Crippen molar-refractivity contribution >= 4 is 5.91 Å². The maximum Gasteiger partial charge on any atom is 0.222 e. The lowest BCUT2D eigenvalue weighted by atomic mass is 10.0. The Labute approximate surface area is 173 Å². The third kappa shape index (κ3) is 18.7. The summed E-state index contributed by atoms with van der Waals surface area (Å²) in [7, 11) is 0. The first-order chi connectivity index (χ1) is 13.6. The number of rotatable bonds is 21. The van der Waals surface area contributed by atoms with Crippen molar-refractivity contribution in [3.8, 4) is 0 Å². The first kappa shape index (κ1) is 27.4. The Morgan fingerprint density at radius 2 is 1.25 bits per heavy atom. The van der Waals surface area contributed by atoms with Gasteiger partial charge in [-0.1, -0.05) is 90.4 Å².